The van der Waals surface area contributed by atoms with E-state index < -0.39 is 0 Å². The Morgan fingerprint density at radius 3 is 2.71 bits per heavy atom. The van der Waals surface area contributed by atoms with Gasteiger partial charge >= 0.3 is 0 Å². The van der Waals surface area contributed by atoms with Crippen LogP contribution in [0.4, 0.5) is 5.82 Å². The zero-order valence-electron chi connectivity index (χ0n) is 13.3. The second kappa shape index (κ2) is 8.08. The number of aromatic nitrogens is 4. The molecule has 6 heteroatoms. The summed E-state index contributed by atoms with van der Waals surface area (Å²) in [5.74, 6) is 1.54. The van der Waals surface area contributed by atoms with Crippen molar-refractivity contribution in [3.05, 3.63) is 29.7 Å². The predicted octanol–water partition coefficient (Wildman–Crippen LogP) is 3.49. The van der Waals surface area contributed by atoms with Crippen LogP contribution in [-0.4, -0.2) is 19.6 Å². The lowest BCUT2D eigenvalue weighted by atomic mass is 10.2. The third-order valence-electron chi connectivity index (χ3n) is 3.21. The second-order valence-electron chi connectivity index (χ2n) is 5.65. The van der Waals surface area contributed by atoms with E-state index in [0.29, 0.717) is 5.92 Å². The number of halogens is 1. The molecule has 0 bridgehead atoms. The van der Waals surface area contributed by atoms with E-state index in [1.165, 1.54) is 11.4 Å². The molecule has 21 heavy (non-hydrogen) atoms. The smallest absolute Gasteiger partial charge is 0.148 e. The molecular weight excluding hydrogens is 286 g/mol. The van der Waals surface area contributed by atoms with Gasteiger partial charge in [0.2, 0.25) is 0 Å². The summed E-state index contributed by atoms with van der Waals surface area (Å²) < 4.78 is 4.11. The molecule has 2 rings (SSSR count). The molecule has 0 fully saturated rings. The highest BCUT2D eigenvalue weighted by molar-refractivity contribution is 5.85. The third kappa shape index (κ3) is 4.77. The summed E-state index contributed by atoms with van der Waals surface area (Å²) >= 11 is 0. The molecule has 118 valence electrons. The number of nitrogens with zero attached hydrogens (tertiary/aromatic N) is 4. The molecule has 0 aliphatic carbocycles. The van der Waals surface area contributed by atoms with Gasteiger partial charge in [-0.2, -0.15) is 10.2 Å². The summed E-state index contributed by atoms with van der Waals surface area (Å²) in [4.78, 5) is 0. The van der Waals surface area contributed by atoms with Crippen molar-refractivity contribution in [1.29, 1.82) is 0 Å². The lowest BCUT2D eigenvalue weighted by Gasteiger charge is -2.08. The zero-order chi connectivity index (χ0) is 14.5. The number of nitrogens with one attached hydrogen (secondary N) is 1. The summed E-state index contributed by atoms with van der Waals surface area (Å²) in [7, 11) is 0. The lowest BCUT2D eigenvalue weighted by Crippen LogP contribution is -2.10. The molecule has 0 atom stereocenters. The number of rotatable bonds is 7. The molecular formula is C15H26ClN5. The van der Waals surface area contributed by atoms with E-state index in [-0.39, 0.29) is 12.4 Å². The van der Waals surface area contributed by atoms with Crippen LogP contribution in [0.1, 0.15) is 38.6 Å². The quantitative estimate of drug-likeness (QED) is 0.851. The zero-order valence-corrected chi connectivity index (χ0v) is 14.2. The van der Waals surface area contributed by atoms with E-state index in [9.17, 15) is 0 Å². The Labute approximate surface area is 133 Å². The Hall–Kier alpha value is -1.49. The summed E-state index contributed by atoms with van der Waals surface area (Å²) in [6, 6.07) is 4.16. The van der Waals surface area contributed by atoms with Gasteiger partial charge in [-0.3, -0.25) is 9.36 Å². The van der Waals surface area contributed by atoms with Crippen molar-refractivity contribution in [2.24, 2.45) is 5.92 Å². The molecule has 0 saturated heterocycles. The Bertz CT molecular complexity index is 544. The fraction of sp³-hybridized carbons (Fsp3) is 0.600. The van der Waals surface area contributed by atoms with Crippen LogP contribution in [-0.2, 0) is 19.6 Å². The molecule has 0 aromatic carbocycles. The predicted molar refractivity (Wildman–Crippen MR) is 88.9 cm³/mol. The first-order valence-electron chi connectivity index (χ1n) is 7.39. The van der Waals surface area contributed by atoms with Crippen LogP contribution in [0, 0.1) is 12.8 Å². The average Bonchev–Trinajstić information content (AvgIpc) is 2.95. The van der Waals surface area contributed by atoms with Crippen molar-refractivity contribution >= 4 is 18.2 Å². The van der Waals surface area contributed by atoms with Gasteiger partial charge in [0, 0.05) is 31.0 Å². The van der Waals surface area contributed by atoms with Crippen LogP contribution < -0.4 is 5.32 Å². The third-order valence-corrected chi connectivity index (χ3v) is 3.21. The first-order valence-corrected chi connectivity index (χ1v) is 7.39. The van der Waals surface area contributed by atoms with Crippen LogP contribution in [0.2, 0.25) is 0 Å². The minimum absolute atomic E-state index is 0. The molecule has 0 aliphatic heterocycles. The standard InChI is InChI=1S/C15H25N5.ClH/c1-5-8-19-14(6-7-17-19)10-16-15-9-13(4)20(18-15)11-12(2)3;/h6-7,9,12H,5,8,10-11H2,1-4H3,(H,16,18);1H. The molecule has 0 aliphatic rings. The van der Waals surface area contributed by atoms with Gasteiger partial charge in [-0.15, -0.1) is 12.4 Å². The maximum Gasteiger partial charge on any atom is 0.148 e. The lowest BCUT2D eigenvalue weighted by molar-refractivity contribution is 0.475. The van der Waals surface area contributed by atoms with Crippen molar-refractivity contribution in [2.75, 3.05) is 5.32 Å². The van der Waals surface area contributed by atoms with Crippen molar-refractivity contribution in [3.8, 4) is 0 Å². The van der Waals surface area contributed by atoms with Crippen LogP contribution >= 0.6 is 12.4 Å². The Balaban J connectivity index is 0.00000220. The molecule has 0 radical (unpaired) electrons. The molecule has 0 spiro atoms. The highest BCUT2D eigenvalue weighted by atomic mass is 35.5. The average molecular weight is 312 g/mol. The number of aryl methyl sites for hydroxylation is 2. The normalized spacial score (nSPS) is 10.7. The summed E-state index contributed by atoms with van der Waals surface area (Å²) in [5.41, 5.74) is 2.39. The van der Waals surface area contributed by atoms with Gasteiger partial charge in [-0.05, 0) is 25.3 Å². The molecule has 2 heterocycles. The highest BCUT2D eigenvalue weighted by Crippen LogP contribution is 2.12. The Morgan fingerprint density at radius 1 is 1.29 bits per heavy atom. The highest BCUT2D eigenvalue weighted by Gasteiger charge is 2.07. The minimum atomic E-state index is 0. The van der Waals surface area contributed by atoms with Crippen LogP contribution in [0.25, 0.3) is 0 Å². The SMILES string of the molecule is CCCn1nccc1CNc1cc(C)n(CC(C)C)n1.Cl. The van der Waals surface area contributed by atoms with E-state index in [2.05, 4.69) is 60.0 Å². The fourth-order valence-electron chi connectivity index (χ4n) is 2.23. The molecule has 0 amide bonds. The topological polar surface area (TPSA) is 47.7 Å². The monoisotopic (exact) mass is 311 g/mol. The van der Waals surface area contributed by atoms with Gasteiger partial charge in [0.1, 0.15) is 5.82 Å². The van der Waals surface area contributed by atoms with Gasteiger partial charge in [-0.1, -0.05) is 20.8 Å². The molecule has 0 saturated carbocycles. The van der Waals surface area contributed by atoms with Crippen molar-refractivity contribution in [2.45, 2.75) is 53.8 Å². The van der Waals surface area contributed by atoms with Crippen LogP contribution in [0.5, 0.6) is 0 Å². The Kier molecular flexibility index (Phi) is 6.75. The van der Waals surface area contributed by atoms with Crippen LogP contribution in [0.15, 0.2) is 18.3 Å². The second-order valence-corrected chi connectivity index (χ2v) is 5.65. The summed E-state index contributed by atoms with van der Waals surface area (Å²) in [6.45, 7) is 11.4. The number of hydrogen-bond acceptors (Lipinski definition) is 3. The van der Waals surface area contributed by atoms with E-state index in [1.54, 1.807) is 0 Å². The Morgan fingerprint density at radius 2 is 2.05 bits per heavy atom. The van der Waals surface area contributed by atoms with Gasteiger partial charge in [0.05, 0.1) is 12.2 Å². The largest absolute Gasteiger partial charge is 0.363 e. The van der Waals surface area contributed by atoms with Crippen LogP contribution in [0.3, 0.4) is 0 Å². The molecule has 0 unspecified atom stereocenters. The number of anilines is 1. The van der Waals surface area contributed by atoms with Gasteiger partial charge in [0.25, 0.3) is 0 Å². The van der Waals surface area contributed by atoms with Crippen molar-refractivity contribution in [1.82, 2.24) is 19.6 Å². The number of hydrogen-bond donors (Lipinski definition) is 1. The minimum Gasteiger partial charge on any atom is -0.363 e. The van der Waals surface area contributed by atoms with Gasteiger partial charge in [0.15, 0.2) is 0 Å². The molecule has 2 aromatic rings. The van der Waals surface area contributed by atoms with Crippen molar-refractivity contribution in [3.63, 3.8) is 0 Å². The summed E-state index contributed by atoms with van der Waals surface area (Å²) in [6.07, 6.45) is 2.95. The maximum atomic E-state index is 4.60. The van der Waals surface area contributed by atoms with Gasteiger partial charge < -0.3 is 5.32 Å². The molecule has 2 aromatic heterocycles. The summed E-state index contributed by atoms with van der Waals surface area (Å²) in [5, 5.41) is 12.3. The maximum absolute atomic E-state index is 4.60. The van der Waals surface area contributed by atoms with E-state index in [1.807, 2.05) is 10.9 Å². The van der Waals surface area contributed by atoms with Gasteiger partial charge in [-0.25, -0.2) is 0 Å². The first kappa shape index (κ1) is 17.6. The molecule has 1 N–H and O–H groups in total. The fourth-order valence-corrected chi connectivity index (χ4v) is 2.23. The first-order chi connectivity index (χ1) is 9.60. The van der Waals surface area contributed by atoms with E-state index in [0.717, 1.165) is 31.9 Å². The van der Waals surface area contributed by atoms with E-state index in [4.69, 9.17) is 0 Å². The van der Waals surface area contributed by atoms with Crippen molar-refractivity contribution < 1.29 is 0 Å². The van der Waals surface area contributed by atoms with E-state index >= 15 is 0 Å². The molecule has 5 nitrogen and oxygen atoms in total.